The Hall–Kier alpha value is -2.74. The normalized spacial score (nSPS) is 35.8. The maximum absolute atomic E-state index is 13.7. The number of likely N-dealkylation sites (N-methyl/N-ethyl adjacent to an activating group) is 1. The summed E-state index contributed by atoms with van der Waals surface area (Å²) in [5.41, 5.74) is 2.27. The van der Waals surface area contributed by atoms with Gasteiger partial charge < -0.3 is 24.8 Å². The number of benzene rings is 1. The Morgan fingerprint density at radius 2 is 1.78 bits per heavy atom. The lowest BCUT2D eigenvalue weighted by atomic mass is 9.99. The summed E-state index contributed by atoms with van der Waals surface area (Å²) in [5, 5.41) is 18.6. The molecule has 7 rings (SSSR count). The van der Waals surface area contributed by atoms with Gasteiger partial charge in [-0.25, -0.2) is 0 Å². The summed E-state index contributed by atoms with van der Waals surface area (Å²) in [5.74, 6) is 0.0892. The van der Waals surface area contributed by atoms with Crippen LogP contribution in [0, 0.1) is 5.92 Å². The van der Waals surface area contributed by atoms with Crippen LogP contribution in [0.2, 0.25) is 0 Å². The molecule has 2 bridgehead atoms. The summed E-state index contributed by atoms with van der Waals surface area (Å²) in [4.78, 5) is 33.5. The van der Waals surface area contributed by atoms with Gasteiger partial charge in [0, 0.05) is 57.1 Å². The summed E-state index contributed by atoms with van der Waals surface area (Å²) in [6.07, 6.45) is 6.24. The molecular formula is C29H43N9O3. The van der Waals surface area contributed by atoms with Crippen LogP contribution in [0.4, 0.5) is 11.4 Å². The number of hydrazine groups is 1. The quantitative estimate of drug-likeness (QED) is 0.373. The Morgan fingerprint density at radius 1 is 0.951 bits per heavy atom. The first kappa shape index (κ1) is 27.1. The highest BCUT2D eigenvalue weighted by Crippen LogP contribution is 2.33. The molecule has 4 N–H and O–H groups in total. The number of nitrogens with zero attached hydrogens (tertiary/aromatic N) is 5. The lowest BCUT2D eigenvalue weighted by Gasteiger charge is -2.50. The van der Waals surface area contributed by atoms with Crippen LogP contribution in [0.3, 0.4) is 0 Å². The number of piperidine rings is 1. The van der Waals surface area contributed by atoms with E-state index in [4.69, 9.17) is 4.74 Å². The fraction of sp³-hybridized carbons (Fsp3) is 0.655. The Morgan fingerprint density at radius 3 is 2.61 bits per heavy atom. The summed E-state index contributed by atoms with van der Waals surface area (Å²) < 4.78 is 6.07. The van der Waals surface area contributed by atoms with Gasteiger partial charge in [0.25, 0.3) is 0 Å². The monoisotopic (exact) mass is 565 g/mol. The number of carbonyl (C=O) groups is 2. The third-order valence-electron chi connectivity index (χ3n) is 9.49. The minimum atomic E-state index is -0.203. The predicted octanol–water partition coefficient (Wildman–Crippen LogP) is -0.0588. The fourth-order valence-electron chi connectivity index (χ4n) is 7.19. The maximum Gasteiger partial charge on any atom is 0.244 e. The van der Waals surface area contributed by atoms with Crippen molar-refractivity contribution in [1.82, 2.24) is 35.8 Å². The molecule has 12 nitrogen and oxygen atoms in total. The zero-order valence-corrected chi connectivity index (χ0v) is 23.9. The molecular weight excluding hydrogens is 522 g/mol. The second kappa shape index (κ2) is 11.5. The van der Waals surface area contributed by atoms with E-state index in [9.17, 15) is 9.59 Å². The van der Waals surface area contributed by atoms with Crippen LogP contribution in [0.5, 0.6) is 0 Å². The number of morpholine rings is 1. The zero-order valence-electron chi connectivity index (χ0n) is 23.9. The van der Waals surface area contributed by atoms with Gasteiger partial charge >= 0.3 is 0 Å². The number of fused-ring (bicyclic) bond motifs is 5. The van der Waals surface area contributed by atoms with Gasteiger partial charge in [0.1, 0.15) is 12.5 Å². The standard InChI is InChI=1S/C29H43N9O3/c1-34-13-15-35(16-14-34)21-8-6-20(7-9-21)31-29-30-19-22-26(33-29)38-24-11-10-23-27(32-24)36(17-18-41-23)25(39)5-3-2-4-12-37(38)28(22)40/h2,4,6-9,22-24,26-27,29-33H,3,5,10-19H2,1H3/b4-2-. The molecule has 6 heterocycles. The molecule has 5 saturated heterocycles. The van der Waals surface area contributed by atoms with Crippen LogP contribution in [0.15, 0.2) is 36.4 Å². The average Bonchev–Trinajstić information content (AvgIpc) is 3.27. The molecule has 0 saturated carbocycles. The van der Waals surface area contributed by atoms with Gasteiger partial charge in [0.05, 0.1) is 37.5 Å². The molecule has 6 atom stereocenters. The van der Waals surface area contributed by atoms with Crippen molar-refractivity contribution in [2.24, 2.45) is 5.92 Å². The van der Waals surface area contributed by atoms with Gasteiger partial charge in [-0.1, -0.05) is 12.2 Å². The van der Waals surface area contributed by atoms with E-state index < -0.39 is 0 Å². The highest BCUT2D eigenvalue weighted by Gasteiger charge is 2.53. The minimum Gasteiger partial charge on any atom is -0.373 e. The van der Waals surface area contributed by atoms with Crippen molar-refractivity contribution in [2.75, 3.05) is 69.7 Å². The molecule has 41 heavy (non-hydrogen) atoms. The Balaban J connectivity index is 1.08. The molecule has 12 heteroatoms. The van der Waals surface area contributed by atoms with Crippen molar-refractivity contribution < 1.29 is 14.3 Å². The molecule has 6 aliphatic rings. The summed E-state index contributed by atoms with van der Waals surface area (Å²) >= 11 is 0. The molecule has 0 radical (unpaired) electrons. The van der Waals surface area contributed by atoms with Gasteiger partial charge in [0.2, 0.25) is 11.8 Å². The molecule has 222 valence electrons. The molecule has 0 aromatic heterocycles. The van der Waals surface area contributed by atoms with E-state index in [0.29, 0.717) is 39.1 Å². The third-order valence-corrected chi connectivity index (χ3v) is 9.49. The number of ether oxygens (including phenoxy) is 1. The number of hydrogen-bond acceptors (Lipinski definition) is 10. The van der Waals surface area contributed by atoms with Gasteiger partial charge in [-0.05, 0) is 50.6 Å². The van der Waals surface area contributed by atoms with Crippen LogP contribution in [0.25, 0.3) is 0 Å². The summed E-state index contributed by atoms with van der Waals surface area (Å²) in [6.45, 7) is 6.50. The van der Waals surface area contributed by atoms with Crippen molar-refractivity contribution in [1.29, 1.82) is 0 Å². The van der Waals surface area contributed by atoms with Crippen molar-refractivity contribution >= 4 is 23.2 Å². The SMILES string of the molecule is CN1CCN(c2ccc(NC3NCC4C(=O)N5C/C=C\CCC(=O)N6CCOC7CCC(NC76)N5C4N3)cc2)CC1. The number of nitrogens with one attached hydrogen (secondary N) is 4. The van der Waals surface area contributed by atoms with Crippen LogP contribution in [-0.2, 0) is 14.3 Å². The minimum absolute atomic E-state index is 0.0193. The number of allylic oxidation sites excluding steroid dienone is 1. The molecule has 6 unspecified atom stereocenters. The molecule has 0 aliphatic carbocycles. The summed E-state index contributed by atoms with van der Waals surface area (Å²) in [7, 11) is 2.17. The average molecular weight is 566 g/mol. The Labute approximate surface area is 242 Å². The van der Waals surface area contributed by atoms with Crippen molar-refractivity contribution in [3.8, 4) is 0 Å². The van der Waals surface area contributed by atoms with E-state index in [1.165, 1.54) is 5.69 Å². The lowest BCUT2D eigenvalue weighted by Crippen LogP contribution is -2.72. The molecule has 6 aliphatic heterocycles. The first-order chi connectivity index (χ1) is 20.0. The van der Waals surface area contributed by atoms with Gasteiger partial charge in [-0.2, -0.15) is 5.01 Å². The largest absolute Gasteiger partial charge is 0.373 e. The van der Waals surface area contributed by atoms with Crippen molar-refractivity contribution in [3.63, 3.8) is 0 Å². The van der Waals surface area contributed by atoms with Crippen LogP contribution >= 0.6 is 0 Å². The Bertz CT molecular complexity index is 1140. The smallest absolute Gasteiger partial charge is 0.244 e. The number of piperazine rings is 1. The molecule has 0 spiro atoms. The van der Waals surface area contributed by atoms with Crippen LogP contribution in [0.1, 0.15) is 25.7 Å². The molecule has 1 aromatic rings. The van der Waals surface area contributed by atoms with Gasteiger partial charge in [-0.3, -0.25) is 30.5 Å². The molecule has 1 aromatic carbocycles. The van der Waals surface area contributed by atoms with E-state index in [2.05, 4.69) is 67.4 Å². The Kier molecular flexibility index (Phi) is 7.61. The molecule has 2 amide bonds. The predicted molar refractivity (Wildman–Crippen MR) is 155 cm³/mol. The van der Waals surface area contributed by atoms with Crippen molar-refractivity contribution in [3.05, 3.63) is 36.4 Å². The lowest BCUT2D eigenvalue weighted by molar-refractivity contribution is -0.170. The van der Waals surface area contributed by atoms with E-state index in [-0.39, 0.29) is 48.6 Å². The second-order valence-corrected chi connectivity index (χ2v) is 12.1. The van der Waals surface area contributed by atoms with E-state index in [1.807, 2.05) is 22.1 Å². The highest BCUT2D eigenvalue weighted by atomic mass is 16.5. The first-order valence-electron chi connectivity index (χ1n) is 15.3. The maximum atomic E-state index is 13.7. The van der Waals surface area contributed by atoms with Crippen molar-refractivity contribution in [2.45, 2.75) is 56.6 Å². The van der Waals surface area contributed by atoms with Crippen LogP contribution in [-0.4, -0.2) is 122 Å². The summed E-state index contributed by atoms with van der Waals surface area (Å²) in [6, 6.07) is 8.64. The van der Waals surface area contributed by atoms with Crippen LogP contribution < -0.4 is 26.2 Å². The first-order valence-corrected chi connectivity index (χ1v) is 15.3. The van der Waals surface area contributed by atoms with E-state index in [1.54, 1.807) is 0 Å². The molecule has 5 fully saturated rings. The second-order valence-electron chi connectivity index (χ2n) is 12.1. The third kappa shape index (κ3) is 5.33. The van der Waals surface area contributed by atoms with Gasteiger partial charge in [0.15, 0.2) is 0 Å². The number of rotatable bonds is 3. The highest BCUT2D eigenvalue weighted by molar-refractivity contribution is 5.82. The number of hydrogen-bond donors (Lipinski definition) is 4. The zero-order chi connectivity index (χ0) is 27.9. The topological polar surface area (TPSA) is 108 Å². The number of amides is 2. The van der Waals surface area contributed by atoms with Gasteiger partial charge in [-0.15, -0.1) is 0 Å². The van der Waals surface area contributed by atoms with E-state index in [0.717, 1.165) is 44.7 Å². The van der Waals surface area contributed by atoms with E-state index >= 15 is 0 Å². The number of anilines is 2. The fourth-order valence-corrected chi connectivity index (χ4v) is 7.19. The number of carbonyl (C=O) groups excluding carboxylic acids is 2.